The number of nitrogens with one attached hydrogen (secondary N) is 1. The first-order valence-electron chi connectivity index (χ1n) is 8.57. The molecule has 5 nitrogen and oxygen atoms in total. The lowest BCUT2D eigenvalue weighted by Gasteiger charge is -2.15. The number of ether oxygens (including phenoxy) is 1. The van der Waals surface area contributed by atoms with Crippen LogP contribution in [0.2, 0.25) is 0 Å². The Morgan fingerprint density at radius 2 is 2.20 bits per heavy atom. The van der Waals surface area contributed by atoms with E-state index in [0.717, 1.165) is 18.4 Å². The number of benzene rings is 1. The molecule has 1 aromatic heterocycles. The molecule has 1 aromatic carbocycles. The van der Waals surface area contributed by atoms with Crippen LogP contribution in [0.4, 0.5) is 4.39 Å². The number of halogens is 1. The molecule has 25 heavy (non-hydrogen) atoms. The van der Waals surface area contributed by atoms with Crippen molar-refractivity contribution in [2.45, 2.75) is 46.1 Å². The zero-order valence-electron chi connectivity index (χ0n) is 14.8. The van der Waals surface area contributed by atoms with Gasteiger partial charge in [-0.1, -0.05) is 11.2 Å². The highest BCUT2D eigenvalue weighted by molar-refractivity contribution is 5.79. The molecule has 1 aliphatic carbocycles. The van der Waals surface area contributed by atoms with Crippen LogP contribution >= 0.6 is 0 Å². The Kier molecular flexibility index (Phi) is 5.06. The Morgan fingerprint density at radius 1 is 1.44 bits per heavy atom. The van der Waals surface area contributed by atoms with E-state index in [9.17, 15) is 9.18 Å². The molecule has 0 aliphatic heterocycles. The first kappa shape index (κ1) is 17.5. The highest BCUT2D eigenvalue weighted by Crippen LogP contribution is 2.30. The lowest BCUT2D eigenvalue weighted by atomic mass is 10.1. The van der Waals surface area contributed by atoms with Crippen molar-refractivity contribution >= 4 is 5.91 Å². The van der Waals surface area contributed by atoms with Crippen LogP contribution < -0.4 is 10.1 Å². The van der Waals surface area contributed by atoms with Crippen LogP contribution in [0.25, 0.3) is 0 Å². The summed E-state index contributed by atoms with van der Waals surface area (Å²) in [5.74, 6) is 0.927. The number of aromatic nitrogens is 1. The zero-order valence-corrected chi connectivity index (χ0v) is 14.8. The highest BCUT2D eigenvalue weighted by Gasteiger charge is 2.23. The molecule has 0 saturated heterocycles. The fourth-order valence-electron chi connectivity index (χ4n) is 2.69. The van der Waals surface area contributed by atoms with Crippen LogP contribution in [0.3, 0.4) is 0 Å². The van der Waals surface area contributed by atoms with Gasteiger partial charge in [0.1, 0.15) is 5.76 Å². The maximum Gasteiger partial charge on any atom is 0.225 e. The molecule has 1 N–H and O–H groups in total. The zero-order chi connectivity index (χ0) is 18.0. The molecular weight excluding hydrogens is 323 g/mol. The van der Waals surface area contributed by atoms with Gasteiger partial charge in [-0.15, -0.1) is 0 Å². The molecule has 1 fully saturated rings. The first-order valence-corrected chi connectivity index (χ1v) is 8.57. The standard InChI is InChI=1S/C19H23FN2O3/c1-11(21-19(23)9-16-12(2)22-25-13(16)3)15-6-7-18(17(20)8-15)24-10-14-4-5-14/h6-8,11,14H,4-5,9-10H2,1-3H3,(H,21,23)/t11-/m0/s1. The van der Waals surface area contributed by atoms with E-state index in [1.807, 2.05) is 6.92 Å². The predicted molar refractivity (Wildman–Crippen MR) is 90.9 cm³/mol. The van der Waals surface area contributed by atoms with Crippen molar-refractivity contribution in [2.75, 3.05) is 6.61 Å². The van der Waals surface area contributed by atoms with Crippen molar-refractivity contribution in [1.82, 2.24) is 10.5 Å². The number of nitrogens with zero attached hydrogens (tertiary/aromatic N) is 1. The van der Waals surface area contributed by atoms with Crippen molar-refractivity contribution in [2.24, 2.45) is 5.92 Å². The van der Waals surface area contributed by atoms with Crippen LogP contribution in [0.5, 0.6) is 5.75 Å². The van der Waals surface area contributed by atoms with E-state index in [1.165, 1.54) is 6.07 Å². The average molecular weight is 346 g/mol. The number of rotatable bonds is 7. The second-order valence-corrected chi connectivity index (χ2v) is 6.71. The summed E-state index contributed by atoms with van der Waals surface area (Å²) in [7, 11) is 0. The van der Waals surface area contributed by atoms with E-state index < -0.39 is 5.82 Å². The van der Waals surface area contributed by atoms with E-state index in [2.05, 4.69) is 10.5 Å². The summed E-state index contributed by atoms with van der Waals surface area (Å²) in [5, 5.41) is 6.72. The Bertz CT molecular complexity index is 749. The topological polar surface area (TPSA) is 64.4 Å². The number of hydrogen-bond acceptors (Lipinski definition) is 4. The molecule has 1 heterocycles. The van der Waals surface area contributed by atoms with Crippen molar-refractivity contribution in [3.63, 3.8) is 0 Å². The van der Waals surface area contributed by atoms with Crippen LogP contribution in [-0.4, -0.2) is 17.7 Å². The maximum atomic E-state index is 14.2. The van der Waals surface area contributed by atoms with Crippen LogP contribution in [0, 0.1) is 25.6 Å². The molecule has 1 saturated carbocycles. The van der Waals surface area contributed by atoms with Crippen molar-refractivity contribution in [3.8, 4) is 5.75 Å². The SMILES string of the molecule is Cc1noc(C)c1CC(=O)N[C@@H](C)c1ccc(OCC2CC2)c(F)c1. The third kappa shape index (κ3) is 4.38. The van der Waals surface area contributed by atoms with Gasteiger partial charge in [-0.2, -0.15) is 0 Å². The summed E-state index contributed by atoms with van der Waals surface area (Å²) in [6.45, 7) is 5.98. The van der Waals surface area contributed by atoms with Crippen LogP contribution in [0.15, 0.2) is 22.7 Å². The second kappa shape index (κ2) is 7.25. The summed E-state index contributed by atoms with van der Waals surface area (Å²) in [6.07, 6.45) is 2.51. The molecule has 0 spiro atoms. The Hall–Kier alpha value is -2.37. The van der Waals surface area contributed by atoms with Gasteiger partial charge in [0, 0.05) is 5.56 Å². The fraction of sp³-hybridized carbons (Fsp3) is 0.474. The molecule has 2 aromatic rings. The monoisotopic (exact) mass is 346 g/mol. The largest absolute Gasteiger partial charge is 0.490 e. The third-order valence-corrected chi connectivity index (χ3v) is 4.52. The number of aryl methyl sites for hydroxylation is 2. The van der Waals surface area contributed by atoms with E-state index >= 15 is 0 Å². The molecular formula is C19H23FN2O3. The minimum atomic E-state index is -0.398. The summed E-state index contributed by atoms with van der Waals surface area (Å²) in [6, 6.07) is 4.53. The van der Waals surface area contributed by atoms with E-state index in [4.69, 9.17) is 9.26 Å². The molecule has 134 valence electrons. The van der Waals surface area contributed by atoms with E-state index in [1.54, 1.807) is 26.0 Å². The highest BCUT2D eigenvalue weighted by atomic mass is 19.1. The third-order valence-electron chi connectivity index (χ3n) is 4.52. The number of hydrogen-bond donors (Lipinski definition) is 1. The van der Waals surface area contributed by atoms with E-state index in [0.29, 0.717) is 29.5 Å². The Labute approximate surface area is 146 Å². The first-order chi connectivity index (χ1) is 11.9. The van der Waals surface area contributed by atoms with Gasteiger partial charge >= 0.3 is 0 Å². The molecule has 3 rings (SSSR count). The van der Waals surface area contributed by atoms with Crippen molar-refractivity contribution in [1.29, 1.82) is 0 Å². The van der Waals surface area contributed by atoms with E-state index in [-0.39, 0.29) is 24.1 Å². The number of amides is 1. The molecule has 0 radical (unpaired) electrons. The normalized spacial score (nSPS) is 15.0. The maximum absolute atomic E-state index is 14.2. The quantitative estimate of drug-likeness (QED) is 0.831. The van der Waals surface area contributed by atoms with Gasteiger partial charge < -0.3 is 14.6 Å². The molecule has 1 amide bonds. The fourth-order valence-corrected chi connectivity index (χ4v) is 2.69. The molecule has 0 bridgehead atoms. The van der Waals surface area contributed by atoms with Gasteiger partial charge in [0.05, 0.1) is 24.8 Å². The minimum Gasteiger partial charge on any atom is -0.490 e. The molecule has 0 unspecified atom stereocenters. The average Bonchev–Trinajstić information content (AvgIpc) is 3.35. The van der Waals surface area contributed by atoms with Gasteiger partial charge in [-0.3, -0.25) is 4.79 Å². The summed E-state index contributed by atoms with van der Waals surface area (Å²) in [5.41, 5.74) is 2.20. The molecule has 6 heteroatoms. The van der Waals surface area contributed by atoms with Gasteiger partial charge in [0.15, 0.2) is 11.6 Å². The Morgan fingerprint density at radius 3 is 2.80 bits per heavy atom. The summed E-state index contributed by atoms with van der Waals surface area (Å²) < 4.78 is 24.7. The number of carbonyl (C=O) groups is 1. The van der Waals surface area contributed by atoms with Crippen molar-refractivity contribution in [3.05, 3.63) is 46.6 Å². The lowest BCUT2D eigenvalue weighted by Crippen LogP contribution is -2.28. The predicted octanol–water partition coefficient (Wildman–Crippen LogP) is 3.64. The summed E-state index contributed by atoms with van der Waals surface area (Å²) in [4.78, 5) is 12.2. The minimum absolute atomic E-state index is 0.156. The van der Waals surface area contributed by atoms with Gasteiger partial charge in [-0.25, -0.2) is 4.39 Å². The lowest BCUT2D eigenvalue weighted by molar-refractivity contribution is -0.121. The molecule has 1 aliphatic rings. The smallest absolute Gasteiger partial charge is 0.225 e. The van der Waals surface area contributed by atoms with Crippen LogP contribution in [0.1, 0.15) is 48.4 Å². The van der Waals surface area contributed by atoms with Gasteiger partial charge in [0.25, 0.3) is 0 Å². The van der Waals surface area contributed by atoms with Crippen LogP contribution in [-0.2, 0) is 11.2 Å². The Balaban J connectivity index is 1.59. The molecule has 1 atom stereocenters. The van der Waals surface area contributed by atoms with Gasteiger partial charge in [0.2, 0.25) is 5.91 Å². The summed E-state index contributed by atoms with van der Waals surface area (Å²) >= 11 is 0. The van der Waals surface area contributed by atoms with Crippen molar-refractivity contribution < 1.29 is 18.4 Å². The van der Waals surface area contributed by atoms with Gasteiger partial charge in [-0.05, 0) is 57.2 Å². The second-order valence-electron chi connectivity index (χ2n) is 6.71. The number of carbonyl (C=O) groups excluding carboxylic acids is 1.